The predicted molar refractivity (Wildman–Crippen MR) is 180 cm³/mol. The van der Waals surface area contributed by atoms with Crippen LogP contribution in [0.15, 0.2) is 118 Å². The van der Waals surface area contributed by atoms with E-state index in [1.54, 1.807) is 62.1 Å². The van der Waals surface area contributed by atoms with E-state index in [0.29, 0.717) is 60.2 Å². The number of benzene rings is 4. The fraction of sp³-hybridized carbons (Fsp3) is 0.135. The molecule has 0 aliphatic carbocycles. The van der Waals surface area contributed by atoms with E-state index in [1.807, 2.05) is 66.7 Å². The molecule has 0 saturated carbocycles. The summed E-state index contributed by atoms with van der Waals surface area (Å²) >= 11 is 1.22. The summed E-state index contributed by atoms with van der Waals surface area (Å²) in [5.41, 5.74) is 3.71. The van der Waals surface area contributed by atoms with E-state index in [1.165, 1.54) is 11.3 Å². The van der Waals surface area contributed by atoms with E-state index in [-0.39, 0.29) is 18.1 Å². The number of thiazole rings is 1. The summed E-state index contributed by atoms with van der Waals surface area (Å²) in [6.45, 7) is 1.90. The molecule has 2 heterocycles. The molecule has 1 N–H and O–H groups in total. The van der Waals surface area contributed by atoms with Crippen molar-refractivity contribution in [2.45, 2.75) is 19.6 Å². The van der Waals surface area contributed by atoms with Gasteiger partial charge in [0.25, 0.3) is 11.5 Å². The van der Waals surface area contributed by atoms with Crippen LogP contribution in [-0.4, -0.2) is 24.7 Å². The summed E-state index contributed by atoms with van der Waals surface area (Å²) in [6.07, 6.45) is 1.74. The Labute approximate surface area is 274 Å². The van der Waals surface area contributed by atoms with Crippen LogP contribution in [0.3, 0.4) is 0 Å². The Kier molecular flexibility index (Phi) is 9.00. The van der Waals surface area contributed by atoms with Gasteiger partial charge in [0.05, 0.1) is 47.7 Å². The first-order valence-corrected chi connectivity index (χ1v) is 15.5. The number of rotatable bonds is 9. The molecule has 5 aromatic rings. The molecule has 1 aromatic heterocycles. The van der Waals surface area contributed by atoms with Gasteiger partial charge in [-0.05, 0) is 55.0 Å². The van der Waals surface area contributed by atoms with Crippen LogP contribution >= 0.6 is 11.3 Å². The zero-order valence-corrected chi connectivity index (χ0v) is 26.7. The third-order valence-corrected chi connectivity index (χ3v) is 8.72. The van der Waals surface area contributed by atoms with Crippen LogP contribution in [0.1, 0.15) is 35.2 Å². The molecule has 0 unspecified atom stereocenters. The molecule has 6 rings (SSSR count). The van der Waals surface area contributed by atoms with Crippen molar-refractivity contribution in [2.24, 2.45) is 4.99 Å². The summed E-state index contributed by atoms with van der Waals surface area (Å²) in [4.78, 5) is 33.4. The molecule has 10 heteroatoms. The number of nitrogens with zero attached hydrogens (tertiary/aromatic N) is 3. The number of carbonyl (C=O) groups is 1. The summed E-state index contributed by atoms with van der Waals surface area (Å²) < 4.78 is 19.3. The number of allylic oxidation sites excluding steroid dienone is 1. The number of nitrogens with one attached hydrogen (secondary N) is 1. The number of ether oxygens (including phenoxy) is 3. The summed E-state index contributed by atoms with van der Waals surface area (Å²) in [6, 6.07) is 30.5. The number of aromatic nitrogens is 1. The molecule has 0 radical (unpaired) electrons. The highest BCUT2D eigenvalue weighted by molar-refractivity contribution is 7.07. The second kappa shape index (κ2) is 13.6. The lowest BCUT2D eigenvalue weighted by atomic mass is 9.95. The molecular weight excluding hydrogens is 612 g/mol. The van der Waals surface area contributed by atoms with E-state index < -0.39 is 6.04 Å². The lowest BCUT2D eigenvalue weighted by Crippen LogP contribution is -2.40. The Balaban J connectivity index is 1.47. The van der Waals surface area contributed by atoms with Crippen molar-refractivity contribution in [1.29, 1.82) is 5.26 Å². The minimum absolute atomic E-state index is 0.126. The molecule has 0 bridgehead atoms. The largest absolute Gasteiger partial charge is 0.497 e. The van der Waals surface area contributed by atoms with Gasteiger partial charge >= 0.3 is 0 Å². The standard InChI is InChI=1S/C37H30N4O5S/c1-23-32(35(42)40-28-15-5-4-6-16-28)33(24-13-9-17-29(19-24)44-2)41-36(43)31(47-37(41)39-23)20-25-14-10-18-30(45-3)34(25)46-22-27-12-8-7-11-26(27)21-38/h4-20,33H,22H2,1-3H3,(H,40,42)/b31-20-/t33-/m0/s1. The number of amides is 1. The first-order chi connectivity index (χ1) is 22.9. The van der Waals surface area contributed by atoms with Crippen molar-refractivity contribution in [3.05, 3.63) is 150 Å². The predicted octanol–water partition coefficient (Wildman–Crippen LogP) is 5.34. The van der Waals surface area contributed by atoms with Crippen molar-refractivity contribution in [1.82, 2.24) is 4.57 Å². The monoisotopic (exact) mass is 642 g/mol. The molecule has 0 saturated heterocycles. The first-order valence-electron chi connectivity index (χ1n) is 14.7. The first kappa shape index (κ1) is 31.1. The van der Waals surface area contributed by atoms with Gasteiger partial charge in [-0.2, -0.15) is 5.26 Å². The van der Waals surface area contributed by atoms with Crippen LogP contribution < -0.4 is 34.4 Å². The average molecular weight is 643 g/mol. The third-order valence-electron chi connectivity index (χ3n) is 7.73. The van der Waals surface area contributed by atoms with Gasteiger partial charge in [-0.3, -0.25) is 14.2 Å². The minimum Gasteiger partial charge on any atom is -0.497 e. The van der Waals surface area contributed by atoms with Gasteiger partial charge in [0.15, 0.2) is 16.3 Å². The highest BCUT2D eigenvalue weighted by Crippen LogP contribution is 2.34. The molecule has 1 aliphatic rings. The molecule has 47 heavy (non-hydrogen) atoms. The number of fused-ring (bicyclic) bond motifs is 1. The van der Waals surface area contributed by atoms with Gasteiger partial charge in [-0.25, -0.2) is 4.99 Å². The molecule has 1 amide bonds. The Morgan fingerprint density at radius 1 is 1.00 bits per heavy atom. The minimum atomic E-state index is -0.768. The normalized spacial score (nSPS) is 14.1. The van der Waals surface area contributed by atoms with Crippen LogP contribution in [0, 0.1) is 11.3 Å². The van der Waals surface area contributed by atoms with E-state index in [0.717, 1.165) is 5.56 Å². The molecule has 1 atom stereocenters. The fourth-order valence-corrected chi connectivity index (χ4v) is 6.50. The fourth-order valence-electron chi connectivity index (χ4n) is 5.47. The molecule has 9 nitrogen and oxygen atoms in total. The molecule has 4 aromatic carbocycles. The molecule has 0 fully saturated rings. The number of nitriles is 1. The van der Waals surface area contributed by atoms with Crippen LogP contribution in [-0.2, 0) is 11.4 Å². The van der Waals surface area contributed by atoms with Gasteiger partial charge in [-0.1, -0.05) is 72.0 Å². The van der Waals surface area contributed by atoms with E-state index in [9.17, 15) is 14.9 Å². The second-order valence-electron chi connectivity index (χ2n) is 10.6. The number of carbonyl (C=O) groups excluding carboxylic acids is 1. The molecule has 234 valence electrons. The topological polar surface area (TPSA) is 115 Å². The zero-order chi connectivity index (χ0) is 32.9. The Morgan fingerprint density at radius 2 is 1.77 bits per heavy atom. The van der Waals surface area contributed by atoms with Crippen LogP contribution in [0.5, 0.6) is 17.2 Å². The van der Waals surface area contributed by atoms with Crippen LogP contribution in [0.2, 0.25) is 0 Å². The van der Waals surface area contributed by atoms with Crippen molar-refractivity contribution in [2.75, 3.05) is 19.5 Å². The van der Waals surface area contributed by atoms with Crippen molar-refractivity contribution in [3.63, 3.8) is 0 Å². The van der Waals surface area contributed by atoms with E-state index >= 15 is 0 Å². The SMILES string of the molecule is COc1cccc([C@H]2C(C(=O)Nc3ccccc3)=C(C)N=c3s/c(=C\c4cccc(OC)c4OCc4ccccc4C#N)c(=O)n32)c1. The maximum atomic E-state index is 14.3. The molecule has 1 aliphatic heterocycles. The van der Waals surface area contributed by atoms with Crippen LogP contribution in [0.4, 0.5) is 5.69 Å². The smallest absolute Gasteiger partial charge is 0.271 e. The average Bonchev–Trinajstić information content (AvgIpc) is 3.40. The Morgan fingerprint density at radius 3 is 2.53 bits per heavy atom. The van der Waals surface area contributed by atoms with Crippen molar-refractivity contribution in [3.8, 4) is 23.3 Å². The molecular formula is C37H30N4O5S. The van der Waals surface area contributed by atoms with E-state index in [4.69, 9.17) is 19.2 Å². The third kappa shape index (κ3) is 6.30. The van der Waals surface area contributed by atoms with Crippen LogP contribution in [0.25, 0.3) is 6.08 Å². The maximum Gasteiger partial charge on any atom is 0.271 e. The Hall–Kier alpha value is -5.92. The number of methoxy groups -OCH3 is 2. The molecule has 0 spiro atoms. The number of hydrogen-bond donors (Lipinski definition) is 1. The highest BCUT2D eigenvalue weighted by atomic mass is 32.1. The maximum absolute atomic E-state index is 14.3. The highest BCUT2D eigenvalue weighted by Gasteiger charge is 2.33. The number of hydrogen-bond acceptors (Lipinski definition) is 8. The lowest BCUT2D eigenvalue weighted by Gasteiger charge is -2.25. The lowest BCUT2D eigenvalue weighted by molar-refractivity contribution is -0.113. The summed E-state index contributed by atoms with van der Waals surface area (Å²) in [7, 11) is 3.11. The second-order valence-corrected chi connectivity index (χ2v) is 11.6. The van der Waals surface area contributed by atoms with Gasteiger partial charge < -0.3 is 19.5 Å². The number of anilines is 1. The summed E-state index contributed by atoms with van der Waals surface area (Å²) in [5, 5.41) is 12.5. The van der Waals surface area contributed by atoms with Crippen molar-refractivity contribution >= 4 is 29.0 Å². The van der Waals surface area contributed by atoms with Gasteiger partial charge in [0, 0.05) is 16.8 Å². The number of para-hydroxylation sites is 2. The Bertz CT molecular complexity index is 2230. The van der Waals surface area contributed by atoms with E-state index in [2.05, 4.69) is 11.4 Å². The summed E-state index contributed by atoms with van der Waals surface area (Å²) in [5.74, 6) is 1.14. The van der Waals surface area contributed by atoms with Crippen molar-refractivity contribution < 1.29 is 19.0 Å². The quantitative estimate of drug-likeness (QED) is 0.232. The van der Waals surface area contributed by atoms with Gasteiger partial charge in [0.1, 0.15) is 12.4 Å². The van der Waals surface area contributed by atoms with Gasteiger partial charge in [-0.15, -0.1) is 0 Å². The van der Waals surface area contributed by atoms with Gasteiger partial charge in [0.2, 0.25) is 0 Å². The zero-order valence-electron chi connectivity index (χ0n) is 25.9.